The number of carbonyl (C=O) groups is 1. The summed E-state index contributed by atoms with van der Waals surface area (Å²) in [6, 6.07) is 38.3. The third-order valence-corrected chi connectivity index (χ3v) is 7.19. The van der Waals surface area contributed by atoms with Gasteiger partial charge in [-0.1, -0.05) is 91.0 Å². The van der Waals surface area contributed by atoms with Gasteiger partial charge in [-0.3, -0.25) is 4.79 Å². The smallest absolute Gasteiger partial charge is 0.497 e. The van der Waals surface area contributed by atoms with Gasteiger partial charge in [-0.05, 0) is 65.8 Å². The molecule has 0 saturated heterocycles. The van der Waals surface area contributed by atoms with Crippen LogP contribution in [0, 0.1) is 0 Å². The molecule has 0 bridgehead atoms. The molecule has 0 fully saturated rings. The van der Waals surface area contributed by atoms with E-state index in [0.717, 1.165) is 18.5 Å². The summed E-state index contributed by atoms with van der Waals surface area (Å²) in [6.07, 6.45) is 1.44. The lowest BCUT2D eigenvalue weighted by atomic mass is 9.67. The minimum absolute atomic E-state index is 0.0614. The van der Waals surface area contributed by atoms with Gasteiger partial charge >= 0.3 is 7.32 Å². The maximum absolute atomic E-state index is 12.3. The molecule has 38 heavy (non-hydrogen) atoms. The van der Waals surface area contributed by atoms with Crippen LogP contribution in [0.4, 0.5) is 0 Å². The van der Waals surface area contributed by atoms with Crippen LogP contribution in [-0.2, 0) is 14.2 Å². The third kappa shape index (κ3) is 6.94. The summed E-state index contributed by atoms with van der Waals surface area (Å²) in [7, 11) is 0.149. The van der Waals surface area contributed by atoms with Crippen molar-refractivity contribution in [3.05, 3.63) is 138 Å². The second-order valence-electron chi connectivity index (χ2n) is 8.79. The molecule has 0 radical (unpaired) electrons. The van der Waals surface area contributed by atoms with E-state index < -0.39 is 7.32 Å². The SMILES string of the molecule is COc1ccc(C(=O)CSOB(O)OCCCC(c2ccccc2)(c2ccccc2)c2ccccc2)cc1. The van der Waals surface area contributed by atoms with Crippen LogP contribution in [0.1, 0.15) is 39.9 Å². The van der Waals surface area contributed by atoms with Crippen LogP contribution in [0.5, 0.6) is 5.75 Å². The van der Waals surface area contributed by atoms with Crippen LogP contribution in [0.3, 0.4) is 0 Å². The van der Waals surface area contributed by atoms with Crippen LogP contribution in [0.15, 0.2) is 115 Å². The highest BCUT2D eigenvalue weighted by Gasteiger charge is 2.35. The molecule has 7 heteroatoms. The average molecular weight is 526 g/mol. The molecule has 0 aromatic heterocycles. The van der Waals surface area contributed by atoms with Crippen LogP contribution in [-0.4, -0.2) is 37.6 Å². The van der Waals surface area contributed by atoms with Crippen LogP contribution < -0.4 is 4.74 Å². The quantitative estimate of drug-likeness (QED) is 0.0679. The summed E-state index contributed by atoms with van der Waals surface area (Å²) >= 11 is 0.873. The zero-order chi connectivity index (χ0) is 26.6. The zero-order valence-electron chi connectivity index (χ0n) is 21.4. The summed E-state index contributed by atoms with van der Waals surface area (Å²) in [5.74, 6) is 0.639. The topological polar surface area (TPSA) is 65.0 Å². The summed E-state index contributed by atoms with van der Waals surface area (Å²) in [5.41, 5.74) is 3.76. The fourth-order valence-electron chi connectivity index (χ4n) is 4.66. The van der Waals surface area contributed by atoms with Crippen molar-refractivity contribution >= 4 is 25.1 Å². The van der Waals surface area contributed by atoms with Gasteiger partial charge < -0.3 is 18.5 Å². The molecular formula is C31H31BO5S. The van der Waals surface area contributed by atoms with Gasteiger partial charge in [-0.15, -0.1) is 0 Å². The number of hydrogen-bond donors (Lipinski definition) is 1. The molecule has 0 heterocycles. The molecule has 0 saturated carbocycles. The zero-order valence-corrected chi connectivity index (χ0v) is 22.2. The highest BCUT2D eigenvalue weighted by Crippen LogP contribution is 2.43. The van der Waals surface area contributed by atoms with E-state index >= 15 is 0 Å². The Bertz CT molecular complexity index is 1160. The first-order chi connectivity index (χ1) is 18.6. The molecule has 0 atom stereocenters. The lowest BCUT2D eigenvalue weighted by Gasteiger charge is -2.36. The summed E-state index contributed by atoms with van der Waals surface area (Å²) in [6.45, 7) is 0.294. The highest BCUT2D eigenvalue weighted by atomic mass is 32.2. The molecule has 0 aliphatic heterocycles. The average Bonchev–Trinajstić information content (AvgIpc) is 2.99. The maximum atomic E-state index is 12.3. The first-order valence-corrected chi connectivity index (χ1v) is 13.5. The van der Waals surface area contributed by atoms with E-state index in [1.54, 1.807) is 31.4 Å². The monoisotopic (exact) mass is 526 g/mol. The Balaban J connectivity index is 1.36. The van der Waals surface area contributed by atoms with Crippen LogP contribution in [0.25, 0.3) is 0 Å². The minimum Gasteiger partial charge on any atom is -0.497 e. The van der Waals surface area contributed by atoms with E-state index in [2.05, 4.69) is 72.8 Å². The molecule has 5 nitrogen and oxygen atoms in total. The van der Waals surface area contributed by atoms with Gasteiger partial charge in [0.1, 0.15) is 5.75 Å². The van der Waals surface area contributed by atoms with Gasteiger partial charge in [0.05, 0.1) is 12.9 Å². The van der Waals surface area contributed by atoms with Crippen molar-refractivity contribution in [3.8, 4) is 5.75 Å². The number of Topliss-reactive ketones (excluding diaryl/α,β-unsaturated/α-hetero) is 1. The first-order valence-electron chi connectivity index (χ1n) is 12.6. The maximum Gasteiger partial charge on any atom is 0.648 e. The van der Waals surface area contributed by atoms with E-state index in [-0.39, 0.29) is 17.0 Å². The molecule has 0 amide bonds. The van der Waals surface area contributed by atoms with E-state index in [4.69, 9.17) is 13.5 Å². The predicted octanol–water partition coefficient (Wildman–Crippen LogP) is 6.35. The van der Waals surface area contributed by atoms with Crippen LogP contribution in [0.2, 0.25) is 0 Å². The number of methoxy groups -OCH3 is 1. The Hall–Kier alpha value is -3.36. The van der Waals surface area contributed by atoms with Gasteiger partial charge in [0.15, 0.2) is 5.78 Å². The summed E-state index contributed by atoms with van der Waals surface area (Å²) < 4.78 is 15.9. The first kappa shape index (κ1) is 27.7. The molecule has 0 unspecified atom stereocenters. The Labute approximate surface area is 229 Å². The summed E-state index contributed by atoms with van der Waals surface area (Å²) in [4.78, 5) is 12.3. The highest BCUT2D eigenvalue weighted by molar-refractivity contribution is 7.96. The molecule has 4 rings (SSSR count). The van der Waals surface area contributed by atoms with Gasteiger partial charge in [-0.25, -0.2) is 0 Å². The molecule has 1 N–H and O–H groups in total. The van der Waals surface area contributed by atoms with Gasteiger partial charge in [-0.2, -0.15) is 0 Å². The largest absolute Gasteiger partial charge is 0.648 e. The fourth-order valence-corrected chi connectivity index (χ4v) is 5.17. The lowest BCUT2D eigenvalue weighted by Crippen LogP contribution is -2.30. The molecule has 0 aliphatic carbocycles. The van der Waals surface area contributed by atoms with E-state index in [9.17, 15) is 9.82 Å². The van der Waals surface area contributed by atoms with Crippen molar-refractivity contribution in [3.63, 3.8) is 0 Å². The second kappa shape index (κ2) is 14.0. The Morgan fingerprint density at radius 2 is 1.29 bits per heavy atom. The van der Waals surface area contributed by atoms with E-state index in [0.29, 0.717) is 24.3 Å². The van der Waals surface area contributed by atoms with Crippen molar-refractivity contribution in [1.29, 1.82) is 0 Å². The van der Waals surface area contributed by atoms with E-state index in [1.807, 2.05) is 18.2 Å². The standard InChI is InChI=1S/C31H31BO5S/c1-35-29-20-18-25(19-21-29)30(33)24-38-37-32(34)36-23-11-22-31(26-12-5-2-6-13-26,27-14-7-3-8-15-27)28-16-9-4-10-17-28/h2-10,12-21,34H,11,22-24H2,1H3. The van der Waals surface area contributed by atoms with Crippen molar-refractivity contribution in [1.82, 2.24) is 0 Å². The number of ether oxygens (including phenoxy) is 1. The Kier molecular flexibility index (Phi) is 10.2. The molecule has 0 spiro atoms. The molecule has 0 aliphatic rings. The second-order valence-corrected chi connectivity index (χ2v) is 9.51. The van der Waals surface area contributed by atoms with Crippen molar-refractivity contribution < 1.29 is 23.3 Å². The number of ketones is 1. The minimum atomic E-state index is -1.43. The van der Waals surface area contributed by atoms with Gasteiger partial charge in [0.2, 0.25) is 0 Å². The molecule has 4 aromatic carbocycles. The summed E-state index contributed by atoms with van der Waals surface area (Å²) in [5, 5.41) is 10.2. The molecule has 4 aromatic rings. The van der Waals surface area contributed by atoms with Gasteiger partial charge in [0.25, 0.3) is 0 Å². The third-order valence-electron chi connectivity index (χ3n) is 6.51. The Morgan fingerprint density at radius 3 is 1.76 bits per heavy atom. The van der Waals surface area contributed by atoms with E-state index in [1.165, 1.54) is 16.7 Å². The lowest BCUT2D eigenvalue weighted by molar-refractivity contribution is 0.102. The number of benzene rings is 4. The van der Waals surface area contributed by atoms with Crippen LogP contribution >= 0.6 is 12.0 Å². The van der Waals surface area contributed by atoms with Crippen molar-refractivity contribution in [2.24, 2.45) is 0 Å². The number of rotatable bonds is 14. The van der Waals surface area contributed by atoms with Gasteiger partial charge in [0, 0.05) is 17.6 Å². The molecular weight excluding hydrogens is 495 g/mol. The Morgan fingerprint density at radius 1 is 0.789 bits per heavy atom. The molecule has 194 valence electrons. The van der Waals surface area contributed by atoms with Crippen molar-refractivity contribution in [2.75, 3.05) is 19.5 Å². The number of hydrogen-bond acceptors (Lipinski definition) is 6. The fraction of sp³-hybridized carbons (Fsp3) is 0.194. The number of carbonyl (C=O) groups excluding carboxylic acids is 1. The van der Waals surface area contributed by atoms with Crippen molar-refractivity contribution in [2.45, 2.75) is 18.3 Å². The normalized spacial score (nSPS) is 11.2. The predicted molar refractivity (Wildman–Crippen MR) is 153 cm³/mol.